The second-order valence-corrected chi connectivity index (χ2v) is 9.19. The van der Waals surface area contributed by atoms with Gasteiger partial charge in [-0.2, -0.15) is 0 Å². The van der Waals surface area contributed by atoms with Crippen LogP contribution in [0, 0.1) is 6.92 Å². The van der Waals surface area contributed by atoms with Gasteiger partial charge in [0.1, 0.15) is 0 Å². The molecule has 0 atom stereocenters. The molecule has 0 heterocycles. The van der Waals surface area contributed by atoms with Gasteiger partial charge < -0.3 is 10.6 Å². The van der Waals surface area contributed by atoms with Crippen LogP contribution in [-0.2, 0) is 21.2 Å². The third-order valence-corrected chi connectivity index (χ3v) is 6.82. The molecule has 0 unspecified atom stereocenters. The highest BCUT2D eigenvalue weighted by molar-refractivity contribution is 7.92. The van der Waals surface area contributed by atoms with E-state index in [1.165, 1.54) is 28.5 Å². The number of hydrogen-bond donors (Lipinski definition) is 2. The van der Waals surface area contributed by atoms with Gasteiger partial charge in [0.25, 0.3) is 10.0 Å². The highest BCUT2D eigenvalue weighted by Crippen LogP contribution is 2.23. The fourth-order valence-corrected chi connectivity index (χ4v) is 4.42. The summed E-state index contributed by atoms with van der Waals surface area (Å²) in [5.41, 5.74) is 3.55. The first-order valence-electron chi connectivity index (χ1n) is 10.1. The van der Waals surface area contributed by atoms with Crippen LogP contribution in [0.5, 0.6) is 0 Å². The summed E-state index contributed by atoms with van der Waals surface area (Å²) < 4.78 is 27.1. The van der Waals surface area contributed by atoms with Crippen molar-refractivity contribution in [2.24, 2.45) is 0 Å². The second-order valence-electron chi connectivity index (χ2n) is 7.22. The fourth-order valence-electron chi connectivity index (χ4n) is 3.17. The van der Waals surface area contributed by atoms with E-state index in [0.29, 0.717) is 17.9 Å². The topological polar surface area (TPSA) is 78.5 Å². The van der Waals surface area contributed by atoms with Gasteiger partial charge in [-0.1, -0.05) is 48.5 Å². The highest BCUT2D eigenvalue weighted by Gasteiger charge is 2.21. The van der Waals surface area contributed by atoms with E-state index in [2.05, 4.69) is 29.7 Å². The number of carbonyl (C=O) groups is 1. The Morgan fingerprint density at radius 1 is 0.935 bits per heavy atom. The van der Waals surface area contributed by atoms with Gasteiger partial charge in [0.05, 0.1) is 17.1 Å². The average Bonchev–Trinajstić information content (AvgIpc) is 2.79. The third kappa shape index (κ3) is 5.86. The minimum Gasteiger partial charge on any atom is -0.376 e. The van der Waals surface area contributed by atoms with Crippen molar-refractivity contribution in [2.75, 3.05) is 29.8 Å². The van der Waals surface area contributed by atoms with E-state index in [1.54, 1.807) is 42.5 Å². The summed E-state index contributed by atoms with van der Waals surface area (Å²) in [6, 6.07) is 23.4. The molecule has 0 radical (unpaired) electrons. The molecule has 0 spiro atoms. The van der Waals surface area contributed by atoms with Crippen molar-refractivity contribution in [3.05, 3.63) is 90.0 Å². The maximum Gasteiger partial charge on any atom is 0.264 e. The summed E-state index contributed by atoms with van der Waals surface area (Å²) >= 11 is 0. The molecule has 6 nitrogen and oxygen atoms in total. The number of amides is 1. The Labute approximate surface area is 184 Å². The lowest BCUT2D eigenvalue weighted by molar-refractivity contribution is -0.119. The molecule has 0 aromatic heterocycles. The number of anilines is 2. The van der Waals surface area contributed by atoms with Crippen molar-refractivity contribution < 1.29 is 13.2 Å². The molecule has 1 amide bonds. The summed E-state index contributed by atoms with van der Waals surface area (Å²) in [6.07, 6.45) is 0.762. The van der Waals surface area contributed by atoms with Crippen LogP contribution >= 0.6 is 0 Å². The summed E-state index contributed by atoms with van der Waals surface area (Å²) in [7, 11) is -2.19. The van der Waals surface area contributed by atoms with E-state index >= 15 is 0 Å². The molecule has 2 N–H and O–H groups in total. The number of aryl methyl sites for hydroxylation is 1. The predicted octanol–water partition coefficient (Wildman–Crippen LogP) is 3.59. The van der Waals surface area contributed by atoms with Crippen LogP contribution in [0.1, 0.15) is 11.1 Å². The van der Waals surface area contributed by atoms with E-state index < -0.39 is 10.0 Å². The minimum atomic E-state index is -3.71. The lowest BCUT2D eigenvalue weighted by Crippen LogP contribution is -2.31. The minimum absolute atomic E-state index is 0.0613. The van der Waals surface area contributed by atoms with Crippen molar-refractivity contribution in [1.82, 2.24) is 5.32 Å². The van der Waals surface area contributed by atoms with Crippen molar-refractivity contribution >= 4 is 27.3 Å². The average molecular weight is 438 g/mol. The molecule has 7 heteroatoms. The number of carbonyl (C=O) groups excluding carboxylic acids is 1. The highest BCUT2D eigenvalue weighted by atomic mass is 32.2. The molecule has 3 aromatic carbocycles. The molecule has 3 aromatic rings. The molecular weight excluding hydrogens is 410 g/mol. The number of hydrogen-bond acceptors (Lipinski definition) is 4. The molecule has 0 aliphatic rings. The zero-order valence-electron chi connectivity index (χ0n) is 17.7. The molecule has 0 saturated carbocycles. The first-order chi connectivity index (χ1) is 14.9. The molecule has 162 valence electrons. The second kappa shape index (κ2) is 10.1. The fraction of sp³-hybridized carbons (Fsp3) is 0.208. The van der Waals surface area contributed by atoms with Crippen LogP contribution in [0.3, 0.4) is 0 Å². The van der Waals surface area contributed by atoms with Crippen LogP contribution in [0.2, 0.25) is 0 Å². The SMILES string of the molecule is Cc1ccccc1CCNC(=O)CNc1cccc(S(=O)(=O)N(C)c2ccccc2)c1. The maximum atomic E-state index is 12.9. The van der Waals surface area contributed by atoms with Gasteiger partial charge in [-0.15, -0.1) is 0 Å². The Kier molecular flexibility index (Phi) is 7.31. The third-order valence-electron chi connectivity index (χ3n) is 5.04. The van der Waals surface area contributed by atoms with Crippen molar-refractivity contribution in [1.29, 1.82) is 0 Å². The summed E-state index contributed by atoms with van der Waals surface area (Å²) in [5.74, 6) is -0.150. The predicted molar refractivity (Wildman–Crippen MR) is 125 cm³/mol. The maximum absolute atomic E-state index is 12.9. The van der Waals surface area contributed by atoms with Crippen molar-refractivity contribution in [3.8, 4) is 0 Å². The van der Waals surface area contributed by atoms with Crippen molar-refractivity contribution in [3.63, 3.8) is 0 Å². The van der Waals surface area contributed by atoms with E-state index in [9.17, 15) is 13.2 Å². The number of sulfonamides is 1. The van der Waals surface area contributed by atoms with Gasteiger partial charge in [0.2, 0.25) is 5.91 Å². The van der Waals surface area contributed by atoms with Gasteiger partial charge in [0, 0.05) is 19.3 Å². The van der Waals surface area contributed by atoms with Crippen LogP contribution in [0.25, 0.3) is 0 Å². The zero-order valence-corrected chi connectivity index (χ0v) is 18.5. The van der Waals surface area contributed by atoms with E-state index in [0.717, 1.165) is 6.42 Å². The van der Waals surface area contributed by atoms with Crippen molar-refractivity contribution in [2.45, 2.75) is 18.2 Å². The molecular formula is C24H27N3O3S. The van der Waals surface area contributed by atoms with Gasteiger partial charge in [-0.05, 0) is 54.8 Å². The lowest BCUT2D eigenvalue weighted by Gasteiger charge is -2.20. The Bertz CT molecular complexity index is 1130. The van der Waals surface area contributed by atoms with Crippen LogP contribution in [0.4, 0.5) is 11.4 Å². The molecule has 0 fully saturated rings. The van der Waals surface area contributed by atoms with Gasteiger partial charge in [-0.3, -0.25) is 9.10 Å². The quantitative estimate of drug-likeness (QED) is 0.536. The number of nitrogens with zero attached hydrogens (tertiary/aromatic N) is 1. The normalized spacial score (nSPS) is 11.0. The van der Waals surface area contributed by atoms with Crippen LogP contribution in [-0.4, -0.2) is 34.5 Å². The molecule has 0 bridgehead atoms. The Morgan fingerprint density at radius 2 is 1.65 bits per heavy atom. The summed E-state index contributed by atoms with van der Waals surface area (Å²) in [4.78, 5) is 12.3. The van der Waals surface area contributed by atoms with Gasteiger partial charge in [0.15, 0.2) is 0 Å². The van der Waals surface area contributed by atoms with Gasteiger partial charge >= 0.3 is 0 Å². The number of nitrogens with one attached hydrogen (secondary N) is 2. The summed E-state index contributed by atoms with van der Waals surface area (Å²) in [5, 5.41) is 5.89. The smallest absolute Gasteiger partial charge is 0.264 e. The molecule has 0 aliphatic heterocycles. The molecule has 0 aliphatic carbocycles. The molecule has 3 rings (SSSR count). The first kappa shape index (κ1) is 22.4. The standard InChI is InChI=1S/C24H27N3O3S/c1-19-9-6-7-10-20(19)15-16-25-24(28)18-26-21-11-8-14-23(17-21)31(29,30)27(2)22-12-4-3-5-13-22/h3-14,17,26H,15-16,18H2,1-2H3,(H,25,28). The van der Waals surface area contributed by atoms with E-state index in [4.69, 9.17) is 0 Å². The molecule has 0 saturated heterocycles. The molecule has 31 heavy (non-hydrogen) atoms. The lowest BCUT2D eigenvalue weighted by atomic mass is 10.1. The Balaban J connectivity index is 1.56. The summed E-state index contributed by atoms with van der Waals surface area (Å²) in [6.45, 7) is 2.66. The number of rotatable bonds is 9. The van der Waals surface area contributed by atoms with Gasteiger partial charge in [-0.25, -0.2) is 8.42 Å². The van der Waals surface area contributed by atoms with Crippen LogP contribution in [0.15, 0.2) is 83.8 Å². The first-order valence-corrected chi connectivity index (χ1v) is 11.5. The van der Waals surface area contributed by atoms with E-state index in [-0.39, 0.29) is 17.3 Å². The Morgan fingerprint density at radius 3 is 2.39 bits per heavy atom. The number of para-hydroxylation sites is 1. The number of benzene rings is 3. The largest absolute Gasteiger partial charge is 0.376 e. The van der Waals surface area contributed by atoms with E-state index in [1.807, 2.05) is 18.2 Å². The zero-order chi connectivity index (χ0) is 22.3. The monoisotopic (exact) mass is 437 g/mol. The van der Waals surface area contributed by atoms with Crippen LogP contribution < -0.4 is 14.9 Å². The Hall–Kier alpha value is -3.32.